The summed E-state index contributed by atoms with van der Waals surface area (Å²) in [6.45, 7) is -0.0669. The zero-order valence-corrected chi connectivity index (χ0v) is 13.1. The third-order valence-electron chi connectivity index (χ3n) is 3.35. The number of thioether (sulfide) groups is 1. The van der Waals surface area contributed by atoms with E-state index in [4.69, 9.17) is 5.11 Å². The fraction of sp³-hybridized carbons (Fsp3) is 0.200. The fourth-order valence-electron chi connectivity index (χ4n) is 2.09. The Labute approximate surface area is 135 Å². The number of aliphatic hydroxyl groups excluding tert-OH is 1. The topological polar surface area (TPSA) is 55.9 Å². The molecule has 1 N–H and O–H groups in total. The number of benzene rings is 1. The van der Waals surface area contributed by atoms with Crippen molar-refractivity contribution in [2.24, 2.45) is 7.05 Å². The molecule has 23 heavy (non-hydrogen) atoms. The van der Waals surface area contributed by atoms with E-state index in [1.54, 1.807) is 23.0 Å². The maximum atomic E-state index is 13.7. The summed E-state index contributed by atoms with van der Waals surface area (Å²) < 4.78 is 29.9. The monoisotopic (exact) mass is 336 g/mol. The van der Waals surface area contributed by atoms with E-state index < -0.39 is 11.6 Å². The molecule has 1 aromatic carbocycles. The molecule has 0 aliphatic rings. The molecule has 0 radical (unpaired) electrons. The van der Waals surface area contributed by atoms with Crippen LogP contribution in [0.4, 0.5) is 8.78 Å². The molecule has 5 nitrogen and oxygen atoms in total. The quantitative estimate of drug-likeness (QED) is 0.728. The van der Waals surface area contributed by atoms with Gasteiger partial charge in [-0.2, -0.15) is 5.10 Å². The van der Waals surface area contributed by atoms with Crippen LogP contribution in [0.3, 0.4) is 0 Å². The lowest BCUT2D eigenvalue weighted by Crippen LogP contribution is -2.00. The van der Waals surface area contributed by atoms with E-state index in [-0.39, 0.29) is 12.3 Å². The highest BCUT2D eigenvalue weighted by atomic mass is 32.2. The Morgan fingerprint density at radius 2 is 2.09 bits per heavy atom. The molecule has 0 unspecified atom stereocenters. The lowest BCUT2D eigenvalue weighted by Gasteiger charge is -2.04. The standard InChI is InChI=1S/C15H14F2N4OS/c1-20-12(8-22)7-18-15(20)23-9-11-4-5-21(19-11)14-3-2-10(16)6-13(14)17/h2-7,22H,8-9H2,1H3. The lowest BCUT2D eigenvalue weighted by molar-refractivity contribution is 0.271. The highest BCUT2D eigenvalue weighted by molar-refractivity contribution is 7.98. The minimum atomic E-state index is -0.663. The van der Waals surface area contributed by atoms with E-state index in [9.17, 15) is 8.78 Å². The van der Waals surface area contributed by atoms with Gasteiger partial charge in [-0.15, -0.1) is 0 Å². The first-order chi connectivity index (χ1) is 11.1. The van der Waals surface area contributed by atoms with Crippen molar-refractivity contribution in [1.82, 2.24) is 19.3 Å². The number of hydrogen-bond acceptors (Lipinski definition) is 4. The van der Waals surface area contributed by atoms with Crippen LogP contribution in [0.15, 0.2) is 41.8 Å². The van der Waals surface area contributed by atoms with Crippen molar-refractivity contribution in [3.8, 4) is 5.69 Å². The van der Waals surface area contributed by atoms with Crippen molar-refractivity contribution >= 4 is 11.8 Å². The predicted octanol–water partition coefficient (Wildman–Crippen LogP) is 2.67. The van der Waals surface area contributed by atoms with Crippen LogP contribution in [0, 0.1) is 11.6 Å². The SMILES string of the molecule is Cn1c(CO)cnc1SCc1ccn(-c2ccc(F)cc2F)n1. The molecular formula is C15H14F2N4OS. The molecule has 0 saturated heterocycles. The first-order valence-corrected chi connectivity index (χ1v) is 7.81. The summed E-state index contributed by atoms with van der Waals surface area (Å²) in [6.07, 6.45) is 3.25. The van der Waals surface area contributed by atoms with Crippen LogP contribution in [0.2, 0.25) is 0 Å². The van der Waals surface area contributed by atoms with Gasteiger partial charge in [0.25, 0.3) is 0 Å². The molecule has 0 aliphatic heterocycles. The predicted molar refractivity (Wildman–Crippen MR) is 82.2 cm³/mol. The van der Waals surface area contributed by atoms with Gasteiger partial charge in [0.15, 0.2) is 11.0 Å². The fourth-order valence-corrected chi connectivity index (χ4v) is 2.95. The minimum absolute atomic E-state index is 0.0669. The van der Waals surface area contributed by atoms with Gasteiger partial charge in [-0.1, -0.05) is 11.8 Å². The largest absolute Gasteiger partial charge is 0.390 e. The molecule has 0 saturated carbocycles. The molecule has 2 aromatic heterocycles. The molecule has 2 heterocycles. The molecule has 0 atom stereocenters. The van der Waals surface area contributed by atoms with Crippen molar-refractivity contribution in [2.45, 2.75) is 17.5 Å². The van der Waals surface area contributed by atoms with Crippen molar-refractivity contribution in [2.75, 3.05) is 0 Å². The third kappa shape index (κ3) is 3.27. The van der Waals surface area contributed by atoms with Gasteiger partial charge in [0.1, 0.15) is 11.5 Å². The maximum Gasteiger partial charge on any atom is 0.168 e. The summed E-state index contributed by atoms with van der Waals surface area (Å²) in [5.74, 6) is -0.737. The smallest absolute Gasteiger partial charge is 0.168 e. The van der Waals surface area contributed by atoms with Crippen LogP contribution < -0.4 is 0 Å². The van der Waals surface area contributed by atoms with Gasteiger partial charge >= 0.3 is 0 Å². The first kappa shape index (κ1) is 15.7. The number of aliphatic hydroxyl groups is 1. The molecule has 0 aliphatic carbocycles. The van der Waals surface area contributed by atoms with Gasteiger partial charge < -0.3 is 9.67 Å². The average Bonchev–Trinajstić information content (AvgIpc) is 3.12. The van der Waals surface area contributed by atoms with Crippen LogP contribution in [0.5, 0.6) is 0 Å². The summed E-state index contributed by atoms with van der Waals surface area (Å²) >= 11 is 1.46. The van der Waals surface area contributed by atoms with Gasteiger partial charge in [-0.3, -0.25) is 0 Å². The van der Waals surface area contributed by atoms with Gasteiger partial charge in [0.2, 0.25) is 0 Å². The zero-order valence-electron chi connectivity index (χ0n) is 12.3. The van der Waals surface area contributed by atoms with E-state index in [2.05, 4.69) is 10.1 Å². The Hall–Kier alpha value is -2.19. The number of nitrogens with zero attached hydrogens (tertiary/aromatic N) is 4. The molecule has 0 bridgehead atoms. The van der Waals surface area contributed by atoms with E-state index in [0.717, 1.165) is 22.6 Å². The maximum absolute atomic E-state index is 13.7. The number of hydrogen-bond donors (Lipinski definition) is 1. The van der Waals surface area contributed by atoms with E-state index in [1.165, 1.54) is 28.6 Å². The van der Waals surface area contributed by atoms with Gasteiger partial charge in [0, 0.05) is 25.1 Å². The Morgan fingerprint density at radius 1 is 1.26 bits per heavy atom. The number of rotatable bonds is 5. The van der Waals surface area contributed by atoms with Crippen LogP contribution in [-0.2, 0) is 19.4 Å². The van der Waals surface area contributed by atoms with Crippen molar-refractivity contribution in [3.63, 3.8) is 0 Å². The van der Waals surface area contributed by atoms with Crippen molar-refractivity contribution in [3.05, 3.63) is 59.7 Å². The first-order valence-electron chi connectivity index (χ1n) is 6.82. The molecular weight excluding hydrogens is 322 g/mol. The Kier molecular flexibility index (Phi) is 4.44. The van der Waals surface area contributed by atoms with Gasteiger partial charge in [-0.05, 0) is 18.2 Å². The van der Waals surface area contributed by atoms with Crippen LogP contribution in [0.25, 0.3) is 5.69 Å². The minimum Gasteiger partial charge on any atom is -0.390 e. The zero-order chi connectivity index (χ0) is 16.4. The Morgan fingerprint density at radius 3 is 2.78 bits per heavy atom. The van der Waals surface area contributed by atoms with E-state index >= 15 is 0 Å². The lowest BCUT2D eigenvalue weighted by atomic mass is 10.3. The molecule has 0 fully saturated rings. The van der Waals surface area contributed by atoms with E-state index in [1.807, 2.05) is 7.05 Å². The highest BCUT2D eigenvalue weighted by Crippen LogP contribution is 2.22. The van der Waals surface area contributed by atoms with Crippen molar-refractivity contribution < 1.29 is 13.9 Å². The van der Waals surface area contributed by atoms with Gasteiger partial charge in [-0.25, -0.2) is 18.4 Å². The Bertz CT molecular complexity index is 831. The third-order valence-corrected chi connectivity index (χ3v) is 4.43. The summed E-state index contributed by atoms with van der Waals surface area (Å²) in [6, 6.07) is 5.14. The van der Waals surface area contributed by atoms with Crippen LogP contribution >= 0.6 is 11.8 Å². The molecule has 120 valence electrons. The Balaban J connectivity index is 1.73. The second kappa shape index (κ2) is 6.51. The summed E-state index contributed by atoms with van der Waals surface area (Å²) in [7, 11) is 1.83. The molecule has 0 amide bonds. The molecule has 0 spiro atoms. The second-order valence-corrected chi connectivity index (χ2v) is 5.83. The average molecular weight is 336 g/mol. The summed E-state index contributed by atoms with van der Waals surface area (Å²) in [5.41, 5.74) is 1.67. The number of imidazole rings is 1. The van der Waals surface area contributed by atoms with Crippen LogP contribution in [0.1, 0.15) is 11.4 Å². The number of halogens is 2. The second-order valence-electron chi connectivity index (χ2n) is 4.89. The summed E-state index contributed by atoms with van der Waals surface area (Å²) in [4.78, 5) is 4.22. The molecule has 8 heteroatoms. The van der Waals surface area contributed by atoms with Gasteiger partial charge in [0.05, 0.1) is 24.2 Å². The molecule has 3 aromatic rings. The molecule has 3 rings (SSSR count). The summed E-state index contributed by atoms with van der Waals surface area (Å²) in [5, 5.41) is 14.2. The highest BCUT2D eigenvalue weighted by Gasteiger charge is 2.10. The van der Waals surface area contributed by atoms with Crippen molar-refractivity contribution in [1.29, 1.82) is 0 Å². The van der Waals surface area contributed by atoms with Crippen LogP contribution in [-0.4, -0.2) is 24.4 Å². The normalized spacial score (nSPS) is 11.1. The number of aromatic nitrogens is 4. The van der Waals surface area contributed by atoms with E-state index in [0.29, 0.717) is 5.75 Å².